The van der Waals surface area contributed by atoms with E-state index >= 15 is 0 Å². The number of hydrogen-bond donors (Lipinski definition) is 1. The lowest BCUT2D eigenvalue weighted by atomic mass is 10.2. The molecule has 0 aliphatic rings. The molecule has 0 bridgehead atoms. The molecule has 0 unspecified atom stereocenters. The van der Waals surface area contributed by atoms with E-state index in [0.717, 1.165) is 12.1 Å². The fourth-order valence-electron chi connectivity index (χ4n) is 1.66. The summed E-state index contributed by atoms with van der Waals surface area (Å²) in [6.07, 6.45) is 0. The minimum atomic E-state index is -0.589. The first-order valence-corrected chi connectivity index (χ1v) is 6.58. The zero-order valence-corrected chi connectivity index (χ0v) is 12.0. The molecule has 21 heavy (non-hydrogen) atoms. The van der Waals surface area contributed by atoms with E-state index in [-0.39, 0.29) is 17.9 Å². The Morgan fingerprint density at radius 2 is 2.05 bits per heavy atom. The highest BCUT2D eigenvalue weighted by atomic mass is 35.5. The molecule has 0 saturated heterocycles. The Morgan fingerprint density at radius 3 is 2.71 bits per heavy atom. The SMILES string of the molecule is CCOC(=O)c1ccc(F)cc1Oc1ccc(N)c(Cl)c1. The van der Waals surface area contributed by atoms with Crippen LogP contribution in [0.2, 0.25) is 5.02 Å². The van der Waals surface area contributed by atoms with E-state index < -0.39 is 11.8 Å². The predicted octanol–water partition coefficient (Wildman–Crippen LogP) is 4.03. The van der Waals surface area contributed by atoms with Crippen molar-refractivity contribution in [1.29, 1.82) is 0 Å². The molecule has 110 valence electrons. The van der Waals surface area contributed by atoms with Crippen LogP contribution in [-0.4, -0.2) is 12.6 Å². The van der Waals surface area contributed by atoms with Gasteiger partial charge in [-0.15, -0.1) is 0 Å². The maximum Gasteiger partial charge on any atom is 0.341 e. The maximum absolute atomic E-state index is 13.4. The van der Waals surface area contributed by atoms with Gasteiger partial charge in [-0.1, -0.05) is 11.6 Å². The summed E-state index contributed by atoms with van der Waals surface area (Å²) in [6.45, 7) is 1.89. The third-order valence-electron chi connectivity index (χ3n) is 2.64. The molecule has 2 aromatic carbocycles. The fraction of sp³-hybridized carbons (Fsp3) is 0.133. The van der Waals surface area contributed by atoms with Crippen molar-refractivity contribution in [3.05, 3.63) is 52.8 Å². The number of nitrogens with two attached hydrogens (primary N) is 1. The lowest BCUT2D eigenvalue weighted by Crippen LogP contribution is -2.06. The number of carbonyl (C=O) groups is 1. The van der Waals surface area contributed by atoms with Gasteiger partial charge in [-0.05, 0) is 31.2 Å². The topological polar surface area (TPSA) is 61.5 Å². The molecule has 0 aromatic heterocycles. The molecule has 0 aliphatic heterocycles. The van der Waals surface area contributed by atoms with Gasteiger partial charge in [0.2, 0.25) is 0 Å². The molecular formula is C15H13ClFNO3. The van der Waals surface area contributed by atoms with Crippen molar-refractivity contribution in [2.24, 2.45) is 0 Å². The van der Waals surface area contributed by atoms with E-state index in [0.29, 0.717) is 16.5 Å². The van der Waals surface area contributed by atoms with Crippen LogP contribution in [0.5, 0.6) is 11.5 Å². The van der Waals surface area contributed by atoms with Crippen LogP contribution in [0.1, 0.15) is 17.3 Å². The van der Waals surface area contributed by atoms with Gasteiger partial charge >= 0.3 is 5.97 Å². The Morgan fingerprint density at radius 1 is 1.29 bits per heavy atom. The number of nitrogen functional groups attached to an aromatic ring is 1. The Balaban J connectivity index is 2.35. The molecule has 2 aromatic rings. The highest BCUT2D eigenvalue weighted by Crippen LogP contribution is 2.30. The van der Waals surface area contributed by atoms with Crippen LogP contribution in [0.15, 0.2) is 36.4 Å². The highest BCUT2D eigenvalue weighted by Gasteiger charge is 2.15. The van der Waals surface area contributed by atoms with Crippen molar-refractivity contribution in [3.8, 4) is 11.5 Å². The highest BCUT2D eigenvalue weighted by molar-refractivity contribution is 6.33. The van der Waals surface area contributed by atoms with Crippen molar-refractivity contribution in [3.63, 3.8) is 0 Å². The zero-order chi connectivity index (χ0) is 15.4. The monoisotopic (exact) mass is 309 g/mol. The molecule has 0 atom stereocenters. The molecule has 2 rings (SSSR count). The number of anilines is 1. The van der Waals surface area contributed by atoms with Crippen molar-refractivity contribution in [1.82, 2.24) is 0 Å². The second-order valence-electron chi connectivity index (χ2n) is 4.15. The van der Waals surface area contributed by atoms with Gasteiger partial charge in [-0.2, -0.15) is 0 Å². The lowest BCUT2D eigenvalue weighted by Gasteiger charge is -2.11. The van der Waals surface area contributed by atoms with Crippen molar-refractivity contribution >= 4 is 23.3 Å². The van der Waals surface area contributed by atoms with E-state index in [4.69, 9.17) is 26.8 Å². The summed E-state index contributed by atoms with van der Waals surface area (Å²) >= 11 is 5.89. The first-order valence-electron chi connectivity index (χ1n) is 6.20. The molecule has 0 aliphatic carbocycles. The van der Waals surface area contributed by atoms with Crippen LogP contribution in [0.4, 0.5) is 10.1 Å². The fourth-order valence-corrected chi connectivity index (χ4v) is 1.83. The van der Waals surface area contributed by atoms with Gasteiger partial charge in [0.05, 0.1) is 17.3 Å². The number of carbonyl (C=O) groups excluding carboxylic acids is 1. The van der Waals surface area contributed by atoms with E-state index in [1.807, 2.05) is 0 Å². The summed E-state index contributed by atoms with van der Waals surface area (Å²) in [5.74, 6) is -0.728. The third-order valence-corrected chi connectivity index (χ3v) is 2.97. The normalized spacial score (nSPS) is 10.2. The van der Waals surface area contributed by atoms with E-state index in [2.05, 4.69) is 0 Å². The van der Waals surface area contributed by atoms with Crippen molar-refractivity contribution < 1.29 is 18.7 Å². The average molecular weight is 310 g/mol. The number of halogens is 2. The Labute approximate surface area is 126 Å². The summed E-state index contributed by atoms with van der Waals surface area (Å²) in [7, 11) is 0. The molecule has 2 N–H and O–H groups in total. The van der Waals surface area contributed by atoms with Crippen LogP contribution in [0.25, 0.3) is 0 Å². The van der Waals surface area contributed by atoms with Gasteiger partial charge in [-0.25, -0.2) is 9.18 Å². The Bertz CT molecular complexity index is 676. The van der Waals surface area contributed by atoms with Gasteiger partial charge in [0.1, 0.15) is 22.9 Å². The quantitative estimate of drug-likeness (QED) is 0.684. The Hall–Kier alpha value is -2.27. The largest absolute Gasteiger partial charge is 0.462 e. The smallest absolute Gasteiger partial charge is 0.341 e. The van der Waals surface area contributed by atoms with Gasteiger partial charge in [0, 0.05) is 12.1 Å². The zero-order valence-electron chi connectivity index (χ0n) is 11.2. The number of esters is 1. The summed E-state index contributed by atoms with van der Waals surface area (Å²) in [5.41, 5.74) is 6.13. The van der Waals surface area contributed by atoms with Crippen LogP contribution >= 0.6 is 11.6 Å². The predicted molar refractivity (Wildman–Crippen MR) is 78.3 cm³/mol. The summed E-state index contributed by atoms with van der Waals surface area (Å²) in [4.78, 5) is 11.8. The van der Waals surface area contributed by atoms with Gasteiger partial charge < -0.3 is 15.2 Å². The molecule has 0 fully saturated rings. The maximum atomic E-state index is 13.4. The molecule has 0 heterocycles. The third kappa shape index (κ3) is 3.64. The van der Waals surface area contributed by atoms with Gasteiger partial charge in [0.15, 0.2) is 0 Å². The number of rotatable bonds is 4. The number of hydrogen-bond acceptors (Lipinski definition) is 4. The molecule has 4 nitrogen and oxygen atoms in total. The lowest BCUT2D eigenvalue weighted by molar-refractivity contribution is 0.0523. The average Bonchev–Trinajstić information content (AvgIpc) is 2.43. The summed E-state index contributed by atoms with van der Waals surface area (Å²) in [6, 6.07) is 8.19. The summed E-state index contributed by atoms with van der Waals surface area (Å²) < 4.78 is 23.8. The van der Waals surface area contributed by atoms with Crippen LogP contribution in [-0.2, 0) is 4.74 Å². The number of ether oxygens (including phenoxy) is 2. The molecule has 0 radical (unpaired) electrons. The number of benzene rings is 2. The van der Waals surface area contributed by atoms with Crippen LogP contribution < -0.4 is 10.5 Å². The standard InChI is InChI=1S/C15H13ClFNO3/c1-2-20-15(19)11-5-3-9(17)7-14(11)21-10-4-6-13(18)12(16)8-10/h3-8H,2,18H2,1H3. The van der Waals surface area contributed by atoms with Crippen molar-refractivity contribution in [2.45, 2.75) is 6.92 Å². The minimum Gasteiger partial charge on any atom is -0.462 e. The minimum absolute atomic E-state index is 0.0503. The van der Waals surface area contributed by atoms with Gasteiger partial charge in [0.25, 0.3) is 0 Å². The second-order valence-corrected chi connectivity index (χ2v) is 4.55. The molecule has 0 spiro atoms. The Kier molecular flexibility index (Phi) is 4.65. The second kappa shape index (κ2) is 6.45. The summed E-state index contributed by atoms with van der Waals surface area (Å²) in [5, 5.41) is 0.307. The van der Waals surface area contributed by atoms with E-state index in [9.17, 15) is 9.18 Å². The first-order chi connectivity index (χ1) is 10.0. The van der Waals surface area contributed by atoms with E-state index in [1.54, 1.807) is 19.1 Å². The molecule has 0 saturated carbocycles. The molecule has 6 heteroatoms. The first kappa shape index (κ1) is 15.1. The van der Waals surface area contributed by atoms with E-state index in [1.165, 1.54) is 12.1 Å². The van der Waals surface area contributed by atoms with Crippen molar-refractivity contribution in [2.75, 3.05) is 12.3 Å². The van der Waals surface area contributed by atoms with Gasteiger partial charge in [-0.3, -0.25) is 0 Å². The van der Waals surface area contributed by atoms with Crippen LogP contribution in [0, 0.1) is 5.82 Å². The molecular weight excluding hydrogens is 297 g/mol. The van der Waals surface area contributed by atoms with Crippen LogP contribution in [0.3, 0.4) is 0 Å². The molecule has 0 amide bonds.